The Morgan fingerprint density at radius 2 is 0.400 bits per heavy atom. The number of rotatable bonds is 60. The highest BCUT2D eigenvalue weighted by atomic mass is 16.6. The molecule has 0 saturated carbocycles. The van der Waals surface area contributed by atoms with Crippen molar-refractivity contribution >= 4 is 29.8 Å². The van der Waals surface area contributed by atoms with E-state index in [1.54, 1.807) is 0 Å². The van der Waals surface area contributed by atoms with E-state index in [1.807, 2.05) is 0 Å². The molecule has 10 heteroatoms. The smallest absolute Gasteiger partial charge is 0.339 e. The van der Waals surface area contributed by atoms with E-state index in [0.29, 0.717) is 32.1 Å². The molecule has 0 N–H and O–H groups in total. The normalized spacial score (nSPS) is 13.0. The van der Waals surface area contributed by atoms with Crippen molar-refractivity contribution in [3.63, 3.8) is 0 Å². The molecular weight excluding hydrogens is 1060 g/mol. The molecule has 496 valence electrons. The van der Waals surface area contributed by atoms with Crippen molar-refractivity contribution in [1.82, 2.24) is 0 Å². The molecule has 1 aliphatic rings. The van der Waals surface area contributed by atoms with Crippen LogP contribution in [0.5, 0.6) is 0 Å². The Hall–Kier alpha value is -3.17. The first-order valence-electron chi connectivity index (χ1n) is 36.4. The van der Waals surface area contributed by atoms with Gasteiger partial charge in [0.2, 0.25) is 0 Å². The number of carbonyl (C=O) groups is 5. The topological polar surface area (TPSA) is 132 Å². The van der Waals surface area contributed by atoms with Crippen LogP contribution in [0.4, 0.5) is 0 Å². The summed E-state index contributed by atoms with van der Waals surface area (Å²) >= 11 is 0. The van der Waals surface area contributed by atoms with Gasteiger partial charge in [0.05, 0.1) is 55.3 Å². The van der Waals surface area contributed by atoms with Crippen molar-refractivity contribution in [3.05, 3.63) is 22.3 Å². The van der Waals surface area contributed by atoms with Gasteiger partial charge in [-0.05, 0) is 61.7 Å². The third kappa shape index (κ3) is 44.0. The molecule has 1 rings (SSSR count). The lowest BCUT2D eigenvalue weighted by molar-refractivity contribution is -0.152. The highest BCUT2D eigenvalue weighted by Gasteiger charge is 2.51. The Labute approximate surface area is 524 Å². The fraction of sp³-hybridized carbons (Fsp3) is 0.880. The molecule has 0 aliphatic heterocycles. The third-order valence-electron chi connectivity index (χ3n) is 17.0. The van der Waals surface area contributed by atoms with Crippen LogP contribution in [0.15, 0.2) is 22.3 Å². The van der Waals surface area contributed by atoms with Crippen LogP contribution in [0.1, 0.15) is 358 Å². The van der Waals surface area contributed by atoms with Gasteiger partial charge >= 0.3 is 29.8 Å². The van der Waals surface area contributed by atoms with Crippen LogP contribution < -0.4 is 0 Å². The van der Waals surface area contributed by atoms with Crippen LogP contribution in [-0.4, -0.2) is 62.9 Å². The summed E-state index contributed by atoms with van der Waals surface area (Å²) in [6.45, 7) is 22.9. The summed E-state index contributed by atoms with van der Waals surface area (Å²) in [5, 5.41) is 0. The minimum atomic E-state index is -1.73. The van der Waals surface area contributed by atoms with Crippen molar-refractivity contribution in [2.75, 3.05) is 33.0 Å². The van der Waals surface area contributed by atoms with E-state index in [2.05, 4.69) is 69.2 Å². The van der Waals surface area contributed by atoms with E-state index < -0.39 is 58.1 Å². The van der Waals surface area contributed by atoms with Crippen LogP contribution in [-0.2, 0) is 47.7 Å². The number of carbonyl (C=O) groups excluding carboxylic acids is 5. The summed E-state index contributed by atoms with van der Waals surface area (Å²) in [4.78, 5) is 73.8. The molecule has 0 fully saturated rings. The maximum absolute atomic E-state index is 14.8. The molecule has 0 atom stereocenters. The van der Waals surface area contributed by atoms with E-state index in [1.165, 1.54) is 135 Å². The number of hydrogen-bond donors (Lipinski definition) is 0. The van der Waals surface area contributed by atoms with Gasteiger partial charge in [-0.2, -0.15) is 0 Å². The first kappa shape index (κ1) is 79.8. The second-order valence-corrected chi connectivity index (χ2v) is 27.8. The highest BCUT2D eigenvalue weighted by molar-refractivity contribution is 6.22. The van der Waals surface area contributed by atoms with Gasteiger partial charge in [-0.1, -0.05) is 326 Å². The Balaban J connectivity index is 3.54. The van der Waals surface area contributed by atoms with Gasteiger partial charge in [0.1, 0.15) is 5.92 Å². The fourth-order valence-corrected chi connectivity index (χ4v) is 11.6. The molecule has 0 aromatic carbocycles. The molecule has 0 saturated heterocycles. The van der Waals surface area contributed by atoms with E-state index in [9.17, 15) is 24.0 Å². The monoisotopic (exact) mass is 1200 g/mol. The van der Waals surface area contributed by atoms with Crippen molar-refractivity contribution in [2.24, 2.45) is 35.5 Å². The Kier molecular flexibility index (Phi) is 51.6. The maximum atomic E-state index is 14.8. The fourth-order valence-electron chi connectivity index (χ4n) is 11.6. The van der Waals surface area contributed by atoms with Crippen LogP contribution in [0, 0.1) is 35.5 Å². The first-order valence-corrected chi connectivity index (χ1v) is 36.4. The summed E-state index contributed by atoms with van der Waals surface area (Å²) in [6, 6.07) is 0. The van der Waals surface area contributed by atoms with Crippen molar-refractivity contribution < 1.29 is 47.7 Å². The lowest BCUT2D eigenvalue weighted by Gasteiger charge is -2.18. The Morgan fingerprint density at radius 1 is 0.235 bits per heavy atom. The number of hydrogen-bond acceptors (Lipinski definition) is 10. The summed E-state index contributed by atoms with van der Waals surface area (Å²) in [7, 11) is 0. The molecule has 0 aromatic rings. The van der Waals surface area contributed by atoms with Crippen molar-refractivity contribution in [1.29, 1.82) is 0 Å². The average Bonchev–Trinajstić information content (AvgIpc) is 1.72. The standard InChI is InChI=1S/C75H136O10/c1-61(2)51-41-31-21-11-16-26-36-46-56-81-71(76)66-67(72(77)82-57-47-37-27-17-12-22-32-42-52-62(3)4)69(74(79)84-59-49-39-29-19-14-24-34-44-54-64(7)8)70(75(80)85-60-50-40-30-20-15-25-35-45-55-65(9)10)68(66)73(78)83-58-48-38-28-18-13-23-33-43-53-63(5)6/h61-66H,11-60H2,1-10H3. The van der Waals surface area contributed by atoms with Gasteiger partial charge in [0, 0.05) is 0 Å². The molecule has 85 heavy (non-hydrogen) atoms. The predicted octanol–water partition coefficient (Wildman–Crippen LogP) is 21.8. The van der Waals surface area contributed by atoms with Crippen LogP contribution in [0.3, 0.4) is 0 Å². The number of unbranched alkanes of at least 4 members (excludes halogenated alkanes) is 35. The summed E-state index contributed by atoms with van der Waals surface area (Å²) in [6.07, 6.45) is 48.3. The molecular formula is C75H136O10. The Bertz CT molecular complexity index is 1640. The van der Waals surface area contributed by atoms with E-state index >= 15 is 0 Å². The van der Waals surface area contributed by atoms with Gasteiger partial charge in [-0.15, -0.1) is 0 Å². The molecule has 0 radical (unpaired) electrons. The minimum Gasteiger partial charge on any atom is -0.465 e. The van der Waals surface area contributed by atoms with Crippen molar-refractivity contribution in [3.8, 4) is 0 Å². The lowest BCUT2D eigenvalue weighted by Crippen LogP contribution is -2.30. The molecule has 1 aliphatic carbocycles. The number of ether oxygens (including phenoxy) is 5. The summed E-state index contributed by atoms with van der Waals surface area (Å²) < 4.78 is 29.8. The number of esters is 5. The van der Waals surface area contributed by atoms with Gasteiger partial charge in [0.25, 0.3) is 0 Å². The van der Waals surface area contributed by atoms with Crippen LogP contribution >= 0.6 is 0 Å². The van der Waals surface area contributed by atoms with E-state index in [0.717, 1.165) is 152 Å². The predicted molar refractivity (Wildman–Crippen MR) is 354 cm³/mol. The second-order valence-electron chi connectivity index (χ2n) is 27.8. The van der Waals surface area contributed by atoms with E-state index in [-0.39, 0.29) is 33.0 Å². The van der Waals surface area contributed by atoms with Crippen LogP contribution in [0.25, 0.3) is 0 Å². The van der Waals surface area contributed by atoms with Crippen molar-refractivity contribution in [2.45, 2.75) is 358 Å². The molecule has 0 unspecified atom stereocenters. The minimum absolute atomic E-state index is 0.0433. The zero-order valence-electron chi connectivity index (χ0n) is 57.4. The third-order valence-corrected chi connectivity index (χ3v) is 17.0. The quantitative estimate of drug-likeness (QED) is 0.0329. The first-order chi connectivity index (χ1) is 41.1. The molecule has 0 spiro atoms. The second kappa shape index (κ2) is 54.9. The zero-order chi connectivity index (χ0) is 62.6. The largest absolute Gasteiger partial charge is 0.465 e. The molecule has 0 aromatic heterocycles. The Morgan fingerprint density at radius 3 is 0.600 bits per heavy atom. The SMILES string of the molecule is CC(C)CCCCCCCCCCOC(=O)C1=C(C(=O)OCCCCCCCCCCC(C)C)C(C(=O)OCCCCCCCCCCC(C)C)C(C(=O)OCCCCCCCCCCC(C)C)=C1C(=O)OCCCCCCCCCCC(C)C. The zero-order valence-corrected chi connectivity index (χ0v) is 57.4. The molecule has 0 amide bonds. The summed E-state index contributed by atoms with van der Waals surface area (Å²) in [5.74, 6) is -2.79. The molecule has 10 nitrogen and oxygen atoms in total. The summed E-state index contributed by atoms with van der Waals surface area (Å²) in [5.41, 5.74) is -1.68. The van der Waals surface area contributed by atoms with Gasteiger partial charge in [0.15, 0.2) is 0 Å². The van der Waals surface area contributed by atoms with Gasteiger partial charge in [-0.25, -0.2) is 19.2 Å². The molecule has 0 heterocycles. The average molecular weight is 1200 g/mol. The van der Waals surface area contributed by atoms with E-state index in [4.69, 9.17) is 23.7 Å². The lowest BCUT2D eigenvalue weighted by atomic mass is 9.94. The molecule has 0 bridgehead atoms. The van der Waals surface area contributed by atoms with Crippen LogP contribution in [0.2, 0.25) is 0 Å². The maximum Gasteiger partial charge on any atom is 0.339 e. The van der Waals surface area contributed by atoms with Gasteiger partial charge < -0.3 is 23.7 Å². The highest BCUT2D eigenvalue weighted by Crippen LogP contribution is 2.42. The van der Waals surface area contributed by atoms with Gasteiger partial charge in [-0.3, -0.25) is 4.79 Å².